The highest BCUT2D eigenvalue weighted by Gasteiger charge is 2.51. The predicted molar refractivity (Wildman–Crippen MR) is 136 cm³/mol. The molecule has 4 rings (SSSR count). The lowest BCUT2D eigenvalue weighted by molar-refractivity contribution is -0.168. The van der Waals surface area contributed by atoms with E-state index in [4.69, 9.17) is 26.8 Å². The third kappa shape index (κ3) is 6.82. The van der Waals surface area contributed by atoms with E-state index in [-0.39, 0.29) is 29.3 Å². The van der Waals surface area contributed by atoms with Gasteiger partial charge in [0.1, 0.15) is 18.1 Å². The maximum Gasteiger partial charge on any atom is 0.310 e. The van der Waals surface area contributed by atoms with Crippen molar-refractivity contribution in [1.29, 1.82) is 0 Å². The second-order valence-electron chi connectivity index (χ2n) is 9.45. The Morgan fingerprint density at radius 2 is 1.95 bits per heavy atom. The molecule has 208 valence electrons. The Balaban J connectivity index is 1.41. The Morgan fingerprint density at radius 1 is 1.23 bits per heavy atom. The molecule has 2 aromatic carbocycles. The van der Waals surface area contributed by atoms with E-state index in [2.05, 4.69) is 10.6 Å². The van der Waals surface area contributed by atoms with Gasteiger partial charge in [-0.2, -0.15) is 0 Å². The number of nitrogens with zero attached hydrogens (tertiary/aromatic N) is 1. The highest BCUT2D eigenvalue weighted by molar-refractivity contribution is 6.33. The molecule has 10 nitrogen and oxygen atoms in total. The summed E-state index contributed by atoms with van der Waals surface area (Å²) < 4.78 is 39.6. The average molecular weight is 565 g/mol. The molecule has 2 fully saturated rings. The third-order valence-corrected chi connectivity index (χ3v) is 6.71. The van der Waals surface area contributed by atoms with Gasteiger partial charge in [0.25, 0.3) is 11.8 Å². The number of likely N-dealkylation sites (tertiary alicyclic amines) is 1. The van der Waals surface area contributed by atoms with E-state index < -0.39 is 67.0 Å². The number of benzene rings is 2. The minimum atomic E-state index is -3.34. The van der Waals surface area contributed by atoms with Gasteiger partial charge in [-0.3, -0.25) is 19.2 Å². The minimum Gasteiger partial charge on any atom is -0.433 e. The number of carbonyl (C=O) groups excluding carboxylic acids is 4. The van der Waals surface area contributed by atoms with Crippen LogP contribution < -0.4 is 16.4 Å². The van der Waals surface area contributed by atoms with Crippen LogP contribution in [0.25, 0.3) is 0 Å². The van der Waals surface area contributed by atoms with Crippen LogP contribution in [0, 0.1) is 0 Å². The molecule has 2 heterocycles. The van der Waals surface area contributed by atoms with Crippen LogP contribution >= 0.6 is 11.6 Å². The summed E-state index contributed by atoms with van der Waals surface area (Å²) in [5.41, 5.74) is 6.81. The molecule has 2 aliphatic rings. The molecular weight excluding hydrogens is 538 g/mol. The standard InChI is InChI=1S/C26H27ClF2N4O6/c1-14(31-22(35)16-7-8-18(30)17(27)9-16)24(37)33-13-26(28,29)11-20(33)23(36)32-19-10-21(34)39-25(19)38-12-15-5-3-2-4-6-15/h2-9,14,19-20,25H,10-13,30H2,1H3,(H,31,35)(H,32,36)/t14-,19-,20?,25?/m0/s1. The van der Waals surface area contributed by atoms with Crippen LogP contribution in [0.3, 0.4) is 0 Å². The molecule has 4 atom stereocenters. The molecule has 0 spiro atoms. The number of esters is 1. The lowest BCUT2D eigenvalue weighted by Crippen LogP contribution is -2.54. The van der Waals surface area contributed by atoms with Gasteiger partial charge in [-0.25, -0.2) is 8.78 Å². The summed E-state index contributed by atoms with van der Waals surface area (Å²) in [6, 6.07) is 9.45. The zero-order valence-corrected chi connectivity index (χ0v) is 21.6. The van der Waals surface area contributed by atoms with E-state index in [0.29, 0.717) is 0 Å². The van der Waals surface area contributed by atoms with E-state index in [9.17, 15) is 28.0 Å². The number of halogens is 3. The van der Waals surface area contributed by atoms with Crippen LogP contribution in [0.4, 0.5) is 14.5 Å². The summed E-state index contributed by atoms with van der Waals surface area (Å²) in [6.07, 6.45) is -2.27. The number of amides is 3. The minimum absolute atomic E-state index is 0.0910. The topological polar surface area (TPSA) is 140 Å². The average Bonchev–Trinajstić information content (AvgIpc) is 3.42. The fourth-order valence-electron chi connectivity index (χ4n) is 4.38. The van der Waals surface area contributed by atoms with Crippen molar-refractivity contribution in [3.05, 3.63) is 64.7 Å². The lowest BCUT2D eigenvalue weighted by atomic mass is 10.1. The van der Waals surface area contributed by atoms with E-state index >= 15 is 0 Å². The molecule has 0 aliphatic carbocycles. The summed E-state index contributed by atoms with van der Waals surface area (Å²) in [5, 5.41) is 5.10. The van der Waals surface area contributed by atoms with E-state index in [1.807, 2.05) is 6.07 Å². The van der Waals surface area contributed by atoms with Gasteiger partial charge in [0.15, 0.2) is 0 Å². The highest BCUT2D eigenvalue weighted by atomic mass is 35.5. The van der Waals surface area contributed by atoms with Crippen LogP contribution in [-0.2, 0) is 30.5 Å². The summed E-state index contributed by atoms with van der Waals surface area (Å²) in [5.74, 6) is -6.40. The largest absolute Gasteiger partial charge is 0.433 e. The van der Waals surface area contributed by atoms with Crippen molar-refractivity contribution in [1.82, 2.24) is 15.5 Å². The quantitative estimate of drug-likeness (QED) is 0.330. The second-order valence-corrected chi connectivity index (χ2v) is 9.85. The number of alkyl halides is 2. The number of nitrogen functional groups attached to an aromatic ring is 1. The summed E-state index contributed by atoms with van der Waals surface area (Å²) in [7, 11) is 0. The Morgan fingerprint density at radius 3 is 2.64 bits per heavy atom. The molecule has 0 radical (unpaired) electrons. The first-order chi connectivity index (χ1) is 18.4. The molecular formula is C26H27ClF2N4O6. The van der Waals surface area contributed by atoms with Gasteiger partial charge < -0.3 is 30.7 Å². The van der Waals surface area contributed by atoms with Crippen molar-refractivity contribution in [2.45, 2.75) is 56.7 Å². The highest BCUT2D eigenvalue weighted by Crippen LogP contribution is 2.33. The lowest BCUT2D eigenvalue weighted by Gasteiger charge is -2.28. The van der Waals surface area contributed by atoms with Crippen molar-refractivity contribution >= 4 is 41.0 Å². The number of anilines is 1. The number of hydrogen-bond donors (Lipinski definition) is 3. The number of carbonyl (C=O) groups is 4. The number of nitrogens with one attached hydrogen (secondary N) is 2. The molecule has 2 aliphatic heterocycles. The Bertz CT molecular complexity index is 1260. The monoisotopic (exact) mass is 564 g/mol. The van der Waals surface area contributed by atoms with E-state index in [1.54, 1.807) is 24.3 Å². The van der Waals surface area contributed by atoms with Gasteiger partial charge in [0, 0.05) is 12.0 Å². The van der Waals surface area contributed by atoms with Gasteiger partial charge in [-0.1, -0.05) is 41.9 Å². The molecule has 3 amide bonds. The van der Waals surface area contributed by atoms with Gasteiger partial charge in [-0.05, 0) is 30.7 Å². The SMILES string of the molecule is C[C@H](NC(=O)c1ccc(N)c(Cl)c1)C(=O)N1CC(F)(F)CC1C(=O)N[C@H]1CC(=O)OC1OCc1ccccc1. The summed E-state index contributed by atoms with van der Waals surface area (Å²) >= 11 is 5.94. The smallest absolute Gasteiger partial charge is 0.310 e. The van der Waals surface area contributed by atoms with Gasteiger partial charge >= 0.3 is 5.97 Å². The molecule has 39 heavy (non-hydrogen) atoms. The summed E-state index contributed by atoms with van der Waals surface area (Å²) in [4.78, 5) is 51.4. The molecule has 0 aromatic heterocycles. The number of hydrogen-bond acceptors (Lipinski definition) is 7. The first-order valence-corrected chi connectivity index (χ1v) is 12.5. The molecule has 0 bridgehead atoms. The van der Waals surface area contributed by atoms with Crippen molar-refractivity contribution in [2.75, 3.05) is 12.3 Å². The van der Waals surface area contributed by atoms with E-state index in [0.717, 1.165) is 10.5 Å². The Labute approximate surface area is 227 Å². The zero-order chi connectivity index (χ0) is 28.3. The van der Waals surface area contributed by atoms with Gasteiger partial charge in [-0.15, -0.1) is 0 Å². The number of rotatable bonds is 8. The molecule has 2 aromatic rings. The fraction of sp³-hybridized carbons (Fsp3) is 0.385. The first kappa shape index (κ1) is 28.2. The maximum atomic E-state index is 14.4. The third-order valence-electron chi connectivity index (χ3n) is 6.38. The maximum absolute atomic E-state index is 14.4. The van der Waals surface area contributed by atoms with Gasteiger partial charge in [0.2, 0.25) is 18.1 Å². The number of cyclic esters (lactones) is 1. The van der Waals surface area contributed by atoms with Gasteiger partial charge in [0.05, 0.1) is 30.3 Å². The predicted octanol–water partition coefficient (Wildman–Crippen LogP) is 2.25. The number of ether oxygens (including phenoxy) is 2. The number of nitrogens with two attached hydrogens (primary N) is 1. The summed E-state index contributed by atoms with van der Waals surface area (Å²) in [6.45, 7) is 0.404. The van der Waals surface area contributed by atoms with Crippen molar-refractivity contribution in [3.63, 3.8) is 0 Å². The van der Waals surface area contributed by atoms with E-state index in [1.165, 1.54) is 25.1 Å². The van der Waals surface area contributed by atoms with Crippen molar-refractivity contribution in [2.24, 2.45) is 0 Å². The van der Waals surface area contributed by atoms with Crippen LogP contribution in [0.5, 0.6) is 0 Å². The second kappa shape index (κ2) is 11.5. The molecule has 0 saturated carbocycles. The molecule has 13 heteroatoms. The fourth-order valence-corrected chi connectivity index (χ4v) is 4.56. The van der Waals surface area contributed by atoms with Crippen LogP contribution in [-0.4, -0.2) is 65.5 Å². The van der Waals surface area contributed by atoms with Crippen molar-refractivity contribution < 1.29 is 37.4 Å². The normalized spacial score (nSPS) is 22.7. The molecule has 2 saturated heterocycles. The van der Waals surface area contributed by atoms with Crippen LogP contribution in [0.1, 0.15) is 35.7 Å². The molecule has 4 N–H and O–H groups in total. The Kier molecular flexibility index (Phi) is 8.36. The first-order valence-electron chi connectivity index (χ1n) is 12.1. The van der Waals surface area contributed by atoms with Crippen LogP contribution in [0.2, 0.25) is 5.02 Å². The molecule has 2 unspecified atom stereocenters. The van der Waals surface area contributed by atoms with Crippen molar-refractivity contribution in [3.8, 4) is 0 Å². The van der Waals surface area contributed by atoms with Crippen LogP contribution in [0.15, 0.2) is 48.5 Å². The Hall–Kier alpha value is -3.77. The zero-order valence-electron chi connectivity index (χ0n) is 20.9.